The van der Waals surface area contributed by atoms with E-state index in [0.717, 1.165) is 0 Å². The summed E-state index contributed by atoms with van der Waals surface area (Å²) >= 11 is 0. The molecular weight excluding hydrogens is 240 g/mol. The highest BCUT2D eigenvalue weighted by Crippen LogP contribution is 2.28. The van der Waals surface area contributed by atoms with Gasteiger partial charge in [-0.05, 0) is 26.7 Å². The minimum absolute atomic E-state index is 0.0409. The normalized spacial score (nSPS) is 18.6. The summed E-state index contributed by atoms with van der Waals surface area (Å²) in [6.45, 7) is 11.6. The monoisotopic (exact) mass is 264 g/mol. The Morgan fingerprint density at radius 2 is 1.95 bits per heavy atom. The third-order valence-electron chi connectivity index (χ3n) is 3.97. The van der Waals surface area contributed by atoms with E-state index in [9.17, 15) is 4.79 Å². The van der Waals surface area contributed by atoms with Crippen LogP contribution in [0.2, 0.25) is 0 Å². The molecule has 2 N–H and O–H groups in total. The first-order valence-corrected chi connectivity index (χ1v) is 6.77. The van der Waals surface area contributed by atoms with Crippen LogP contribution in [0.3, 0.4) is 0 Å². The standard InChI is InChI=1S/C14H24N4O/c1-10(2)14(15)8-17(9-14)11-12(19)18(7-6-16-11)13(3,4)5/h6-7,10H,8-9,15H2,1-5H3. The van der Waals surface area contributed by atoms with Crippen LogP contribution < -0.4 is 16.2 Å². The summed E-state index contributed by atoms with van der Waals surface area (Å²) in [6.07, 6.45) is 3.43. The number of hydrogen-bond donors (Lipinski definition) is 1. The summed E-state index contributed by atoms with van der Waals surface area (Å²) in [5, 5.41) is 0. The number of anilines is 1. The van der Waals surface area contributed by atoms with Crippen molar-refractivity contribution in [2.75, 3.05) is 18.0 Å². The maximum Gasteiger partial charge on any atom is 0.293 e. The van der Waals surface area contributed by atoms with Crippen LogP contribution in [0.5, 0.6) is 0 Å². The highest BCUT2D eigenvalue weighted by Gasteiger charge is 2.43. The Morgan fingerprint density at radius 3 is 2.42 bits per heavy atom. The van der Waals surface area contributed by atoms with Crippen molar-refractivity contribution in [3.05, 3.63) is 22.7 Å². The summed E-state index contributed by atoms with van der Waals surface area (Å²) in [7, 11) is 0. The Balaban J connectivity index is 2.28. The van der Waals surface area contributed by atoms with Gasteiger partial charge in [-0.2, -0.15) is 0 Å². The van der Waals surface area contributed by atoms with Gasteiger partial charge in [-0.1, -0.05) is 13.8 Å². The predicted octanol–water partition coefficient (Wildman–Crippen LogP) is 1.17. The van der Waals surface area contributed by atoms with Crippen molar-refractivity contribution < 1.29 is 0 Å². The van der Waals surface area contributed by atoms with E-state index in [1.807, 2.05) is 25.7 Å². The topological polar surface area (TPSA) is 64.2 Å². The number of nitrogens with two attached hydrogens (primary N) is 1. The molecule has 0 bridgehead atoms. The highest BCUT2D eigenvalue weighted by atomic mass is 16.1. The summed E-state index contributed by atoms with van der Waals surface area (Å²) in [4.78, 5) is 18.7. The Bertz CT molecular complexity index is 521. The zero-order chi connectivity index (χ0) is 14.4. The molecule has 0 amide bonds. The van der Waals surface area contributed by atoms with Gasteiger partial charge in [0.2, 0.25) is 0 Å². The van der Waals surface area contributed by atoms with Gasteiger partial charge in [0.05, 0.1) is 5.54 Å². The molecule has 1 aromatic rings. The fraction of sp³-hybridized carbons (Fsp3) is 0.714. The lowest BCUT2D eigenvalue weighted by atomic mass is 9.80. The van der Waals surface area contributed by atoms with Gasteiger partial charge in [0.25, 0.3) is 5.56 Å². The van der Waals surface area contributed by atoms with Crippen LogP contribution in [0.25, 0.3) is 0 Å². The van der Waals surface area contributed by atoms with Crippen LogP contribution in [-0.4, -0.2) is 28.2 Å². The molecule has 1 aliphatic rings. The summed E-state index contributed by atoms with van der Waals surface area (Å²) in [5.41, 5.74) is 5.79. The Morgan fingerprint density at radius 1 is 1.37 bits per heavy atom. The van der Waals surface area contributed by atoms with Crippen molar-refractivity contribution >= 4 is 5.82 Å². The first-order chi connectivity index (χ1) is 8.65. The van der Waals surface area contributed by atoms with E-state index >= 15 is 0 Å². The van der Waals surface area contributed by atoms with Crippen molar-refractivity contribution in [1.82, 2.24) is 9.55 Å². The summed E-state index contributed by atoms with van der Waals surface area (Å²) < 4.78 is 1.72. The highest BCUT2D eigenvalue weighted by molar-refractivity contribution is 5.43. The molecule has 106 valence electrons. The second kappa shape index (κ2) is 4.34. The SMILES string of the molecule is CC(C)C1(N)CN(c2nccn(C(C)(C)C)c2=O)C1. The molecule has 0 unspecified atom stereocenters. The largest absolute Gasteiger partial charge is 0.348 e. The van der Waals surface area contributed by atoms with Gasteiger partial charge in [0.15, 0.2) is 5.82 Å². The quantitative estimate of drug-likeness (QED) is 0.871. The molecule has 0 saturated carbocycles. The van der Waals surface area contributed by atoms with Crippen molar-refractivity contribution in [2.24, 2.45) is 11.7 Å². The maximum atomic E-state index is 12.4. The molecule has 0 radical (unpaired) electrons. The molecule has 0 atom stereocenters. The molecule has 1 aliphatic heterocycles. The van der Waals surface area contributed by atoms with Crippen molar-refractivity contribution in [3.8, 4) is 0 Å². The number of rotatable bonds is 2. The zero-order valence-electron chi connectivity index (χ0n) is 12.5. The molecule has 2 heterocycles. The van der Waals surface area contributed by atoms with Crippen LogP contribution in [0, 0.1) is 5.92 Å². The molecule has 0 spiro atoms. The summed E-state index contributed by atoms with van der Waals surface area (Å²) in [5.74, 6) is 0.913. The maximum absolute atomic E-state index is 12.4. The van der Waals surface area contributed by atoms with Crippen LogP contribution in [0.4, 0.5) is 5.82 Å². The van der Waals surface area contributed by atoms with Gasteiger partial charge in [0.1, 0.15) is 0 Å². The fourth-order valence-corrected chi connectivity index (χ4v) is 2.33. The van der Waals surface area contributed by atoms with Gasteiger partial charge < -0.3 is 15.2 Å². The molecule has 1 saturated heterocycles. The van der Waals surface area contributed by atoms with Gasteiger partial charge in [-0.25, -0.2) is 4.98 Å². The first-order valence-electron chi connectivity index (χ1n) is 6.77. The predicted molar refractivity (Wildman–Crippen MR) is 77.5 cm³/mol. The molecule has 5 nitrogen and oxygen atoms in total. The molecule has 1 fully saturated rings. The van der Waals surface area contributed by atoms with E-state index in [2.05, 4.69) is 18.8 Å². The molecule has 2 rings (SSSR count). The molecule has 0 aliphatic carbocycles. The van der Waals surface area contributed by atoms with E-state index < -0.39 is 0 Å². The minimum atomic E-state index is -0.239. The van der Waals surface area contributed by atoms with Crippen LogP contribution in [0.1, 0.15) is 34.6 Å². The van der Waals surface area contributed by atoms with Crippen LogP contribution >= 0.6 is 0 Å². The lowest BCUT2D eigenvalue weighted by Crippen LogP contribution is -2.71. The number of aromatic nitrogens is 2. The summed E-state index contributed by atoms with van der Waals surface area (Å²) in [6, 6.07) is 0. The van der Waals surface area contributed by atoms with Gasteiger partial charge in [-0.15, -0.1) is 0 Å². The lowest BCUT2D eigenvalue weighted by Gasteiger charge is -2.50. The van der Waals surface area contributed by atoms with Crippen molar-refractivity contribution in [2.45, 2.75) is 45.7 Å². The minimum Gasteiger partial charge on any atom is -0.348 e. The Hall–Kier alpha value is -1.36. The third kappa shape index (κ3) is 2.39. The second-order valence-corrected chi connectivity index (χ2v) is 6.84. The smallest absolute Gasteiger partial charge is 0.293 e. The average molecular weight is 264 g/mol. The zero-order valence-corrected chi connectivity index (χ0v) is 12.5. The molecule has 0 aromatic carbocycles. The van der Waals surface area contributed by atoms with Crippen molar-refractivity contribution in [1.29, 1.82) is 0 Å². The molecule has 19 heavy (non-hydrogen) atoms. The molecule has 1 aromatic heterocycles. The van der Waals surface area contributed by atoms with Crippen molar-refractivity contribution in [3.63, 3.8) is 0 Å². The van der Waals surface area contributed by atoms with E-state index in [-0.39, 0.29) is 16.6 Å². The van der Waals surface area contributed by atoms with E-state index in [1.165, 1.54) is 0 Å². The number of nitrogens with zero attached hydrogens (tertiary/aromatic N) is 3. The van der Waals surface area contributed by atoms with Gasteiger partial charge in [0, 0.05) is 31.0 Å². The first kappa shape index (κ1) is 14.1. The van der Waals surface area contributed by atoms with Gasteiger partial charge in [-0.3, -0.25) is 4.79 Å². The Kier molecular flexibility index (Phi) is 3.21. The van der Waals surface area contributed by atoms with E-state index in [4.69, 9.17) is 5.73 Å². The second-order valence-electron chi connectivity index (χ2n) is 6.84. The number of hydrogen-bond acceptors (Lipinski definition) is 4. The molecule has 5 heteroatoms. The van der Waals surface area contributed by atoms with E-state index in [1.54, 1.807) is 17.0 Å². The van der Waals surface area contributed by atoms with E-state index in [0.29, 0.717) is 24.8 Å². The van der Waals surface area contributed by atoms with Crippen LogP contribution in [0.15, 0.2) is 17.2 Å². The molecular formula is C14H24N4O. The van der Waals surface area contributed by atoms with Crippen LogP contribution in [-0.2, 0) is 5.54 Å². The third-order valence-corrected chi connectivity index (χ3v) is 3.97. The fourth-order valence-electron chi connectivity index (χ4n) is 2.33. The lowest BCUT2D eigenvalue weighted by molar-refractivity contribution is 0.242. The van der Waals surface area contributed by atoms with Gasteiger partial charge >= 0.3 is 0 Å². The average Bonchev–Trinajstić information content (AvgIpc) is 2.23. The Labute approximate surface area is 114 Å².